The van der Waals surface area contributed by atoms with Gasteiger partial charge < -0.3 is 10.1 Å². The number of ether oxygens (including phenoxy) is 1. The number of nitrogens with zero attached hydrogens (tertiary/aromatic N) is 1. The van der Waals surface area contributed by atoms with E-state index in [2.05, 4.69) is 30.4 Å². The predicted octanol–water partition coefficient (Wildman–Crippen LogP) is 3.86. The molecule has 0 aliphatic carbocycles. The average molecular weight is 302 g/mol. The van der Waals surface area contributed by atoms with Crippen molar-refractivity contribution in [2.45, 2.75) is 38.1 Å². The van der Waals surface area contributed by atoms with Crippen LogP contribution in [0.3, 0.4) is 0 Å². The van der Waals surface area contributed by atoms with Gasteiger partial charge >= 0.3 is 0 Å². The van der Waals surface area contributed by atoms with Crippen molar-refractivity contribution in [1.29, 1.82) is 0 Å². The summed E-state index contributed by atoms with van der Waals surface area (Å²) in [5.74, 6) is 1.32. The average Bonchev–Trinajstić information content (AvgIpc) is 3.16. The second-order valence-electron chi connectivity index (χ2n) is 6.48. The number of benzene rings is 1. The molecule has 1 N–H and O–H groups in total. The quantitative estimate of drug-likeness (QED) is 0.914. The fraction of sp³-hybridized carbons (Fsp3) is 0.588. The summed E-state index contributed by atoms with van der Waals surface area (Å²) in [5.41, 5.74) is 2.56. The Morgan fingerprint density at radius 2 is 2.24 bits per heavy atom. The number of piperidine rings is 1. The van der Waals surface area contributed by atoms with E-state index in [-0.39, 0.29) is 0 Å². The van der Waals surface area contributed by atoms with Crippen LogP contribution < -0.4 is 5.32 Å². The predicted molar refractivity (Wildman–Crippen MR) is 86.9 cm³/mol. The molecule has 4 rings (SSSR count). The van der Waals surface area contributed by atoms with E-state index in [9.17, 15) is 0 Å². The first kappa shape index (κ1) is 13.7. The Hall–Kier alpha value is -0.970. The molecule has 2 aliphatic rings. The number of aromatic nitrogens is 1. The zero-order chi connectivity index (χ0) is 14.2. The SMILES string of the molecule is C[C@H]1CC[C@H](c2ccc3sc(C4CCOC4)nc3c2)NC1. The van der Waals surface area contributed by atoms with Gasteiger partial charge in [-0.15, -0.1) is 11.3 Å². The molecule has 0 bridgehead atoms. The molecule has 1 aromatic carbocycles. The zero-order valence-electron chi connectivity index (χ0n) is 12.5. The molecule has 21 heavy (non-hydrogen) atoms. The lowest BCUT2D eigenvalue weighted by Crippen LogP contribution is -2.31. The van der Waals surface area contributed by atoms with Gasteiger partial charge in [0.2, 0.25) is 0 Å². The van der Waals surface area contributed by atoms with E-state index in [0.29, 0.717) is 12.0 Å². The molecule has 3 nitrogen and oxygen atoms in total. The lowest BCUT2D eigenvalue weighted by molar-refractivity contribution is 0.194. The molecule has 2 aliphatic heterocycles. The Morgan fingerprint density at radius 3 is 3.00 bits per heavy atom. The number of hydrogen-bond donors (Lipinski definition) is 1. The zero-order valence-corrected chi connectivity index (χ0v) is 13.3. The van der Waals surface area contributed by atoms with E-state index in [4.69, 9.17) is 9.72 Å². The van der Waals surface area contributed by atoms with Gasteiger partial charge in [0, 0.05) is 18.6 Å². The van der Waals surface area contributed by atoms with E-state index in [1.807, 2.05) is 11.3 Å². The van der Waals surface area contributed by atoms with Crippen molar-refractivity contribution in [2.75, 3.05) is 19.8 Å². The molecule has 3 atom stereocenters. The van der Waals surface area contributed by atoms with Gasteiger partial charge in [-0.3, -0.25) is 0 Å². The first-order valence-corrected chi connectivity index (χ1v) is 8.83. The number of rotatable bonds is 2. The van der Waals surface area contributed by atoms with E-state index in [1.54, 1.807) is 0 Å². The third-order valence-corrected chi connectivity index (χ3v) is 5.97. The van der Waals surface area contributed by atoms with E-state index in [0.717, 1.165) is 32.1 Å². The van der Waals surface area contributed by atoms with Crippen LogP contribution >= 0.6 is 11.3 Å². The monoisotopic (exact) mass is 302 g/mol. The smallest absolute Gasteiger partial charge is 0.0993 e. The van der Waals surface area contributed by atoms with E-state index >= 15 is 0 Å². The van der Waals surface area contributed by atoms with Gasteiger partial charge in [-0.1, -0.05) is 13.0 Å². The molecule has 0 spiro atoms. The number of fused-ring (bicyclic) bond motifs is 1. The molecule has 0 amide bonds. The molecule has 4 heteroatoms. The Balaban J connectivity index is 1.60. The van der Waals surface area contributed by atoms with Crippen LogP contribution in [-0.4, -0.2) is 24.7 Å². The fourth-order valence-electron chi connectivity index (χ4n) is 3.37. The molecule has 3 heterocycles. The highest BCUT2D eigenvalue weighted by Gasteiger charge is 2.23. The van der Waals surface area contributed by atoms with Crippen molar-refractivity contribution < 1.29 is 4.74 Å². The van der Waals surface area contributed by atoms with Crippen molar-refractivity contribution in [1.82, 2.24) is 10.3 Å². The number of thiazole rings is 1. The molecule has 112 valence electrons. The Kier molecular flexibility index (Phi) is 3.69. The third-order valence-electron chi connectivity index (χ3n) is 4.77. The Morgan fingerprint density at radius 1 is 1.29 bits per heavy atom. The molecular weight excluding hydrogens is 280 g/mol. The second kappa shape index (κ2) is 5.67. The highest BCUT2D eigenvalue weighted by atomic mass is 32.1. The van der Waals surface area contributed by atoms with Crippen molar-refractivity contribution >= 4 is 21.6 Å². The van der Waals surface area contributed by atoms with Gasteiger partial charge in [0.05, 0.1) is 21.8 Å². The van der Waals surface area contributed by atoms with Crippen LogP contribution in [-0.2, 0) is 4.74 Å². The highest BCUT2D eigenvalue weighted by molar-refractivity contribution is 7.18. The third kappa shape index (κ3) is 2.72. The van der Waals surface area contributed by atoms with Gasteiger partial charge in [0.15, 0.2) is 0 Å². The van der Waals surface area contributed by atoms with Crippen LogP contribution in [0.15, 0.2) is 18.2 Å². The molecule has 2 aromatic rings. The summed E-state index contributed by atoms with van der Waals surface area (Å²) in [5, 5.41) is 4.92. The molecule has 0 radical (unpaired) electrons. The Labute approximate surface area is 129 Å². The fourth-order valence-corrected chi connectivity index (χ4v) is 4.43. The number of hydrogen-bond acceptors (Lipinski definition) is 4. The minimum Gasteiger partial charge on any atom is -0.381 e. The van der Waals surface area contributed by atoms with Crippen molar-refractivity contribution in [2.24, 2.45) is 5.92 Å². The lowest BCUT2D eigenvalue weighted by Gasteiger charge is -2.28. The van der Waals surface area contributed by atoms with E-state index < -0.39 is 0 Å². The van der Waals surface area contributed by atoms with Crippen LogP contribution in [0.4, 0.5) is 0 Å². The minimum atomic E-state index is 0.505. The first-order valence-electron chi connectivity index (χ1n) is 8.01. The summed E-state index contributed by atoms with van der Waals surface area (Å²) < 4.78 is 6.80. The van der Waals surface area contributed by atoms with Crippen molar-refractivity contribution in [3.05, 3.63) is 28.8 Å². The van der Waals surface area contributed by atoms with Crippen LogP contribution in [0, 0.1) is 5.92 Å². The lowest BCUT2D eigenvalue weighted by atomic mass is 9.92. The van der Waals surface area contributed by atoms with Gasteiger partial charge in [-0.05, 0) is 49.4 Å². The first-order chi connectivity index (χ1) is 10.3. The molecule has 2 fully saturated rings. The Bertz CT molecular complexity index is 625. The highest BCUT2D eigenvalue weighted by Crippen LogP contribution is 2.34. The molecule has 1 unspecified atom stereocenters. The van der Waals surface area contributed by atoms with Crippen molar-refractivity contribution in [3.63, 3.8) is 0 Å². The van der Waals surface area contributed by atoms with Gasteiger partial charge in [0.25, 0.3) is 0 Å². The van der Waals surface area contributed by atoms with Crippen LogP contribution in [0.5, 0.6) is 0 Å². The summed E-state index contributed by atoms with van der Waals surface area (Å²) >= 11 is 1.84. The van der Waals surface area contributed by atoms with Crippen molar-refractivity contribution in [3.8, 4) is 0 Å². The van der Waals surface area contributed by atoms with Crippen LogP contribution in [0.2, 0.25) is 0 Å². The maximum atomic E-state index is 5.49. The molecule has 2 saturated heterocycles. The molecule has 1 aromatic heterocycles. The maximum Gasteiger partial charge on any atom is 0.0993 e. The summed E-state index contributed by atoms with van der Waals surface area (Å²) in [6, 6.07) is 7.33. The molecule has 0 saturated carbocycles. The number of nitrogens with one attached hydrogen (secondary N) is 1. The van der Waals surface area contributed by atoms with Crippen LogP contribution in [0.1, 0.15) is 48.7 Å². The summed E-state index contributed by atoms with van der Waals surface area (Å²) in [4.78, 5) is 4.88. The summed E-state index contributed by atoms with van der Waals surface area (Å²) in [7, 11) is 0. The minimum absolute atomic E-state index is 0.505. The largest absolute Gasteiger partial charge is 0.381 e. The van der Waals surface area contributed by atoms with E-state index in [1.165, 1.54) is 33.6 Å². The summed E-state index contributed by atoms with van der Waals surface area (Å²) in [6.07, 6.45) is 3.67. The second-order valence-corrected chi connectivity index (χ2v) is 7.55. The van der Waals surface area contributed by atoms with Gasteiger partial charge in [-0.25, -0.2) is 4.98 Å². The normalized spacial score (nSPS) is 30.0. The maximum absolute atomic E-state index is 5.49. The topological polar surface area (TPSA) is 34.1 Å². The molecular formula is C17H22N2OS. The summed E-state index contributed by atoms with van der Waals surface area (Å²) in [6.45, 7) is 5.18. The standard InChI is InChI=1S/C17H22N2OS/c1-11-2-4-14(18-9-11)12-3-5-16-15(8-12)19-17(21-16)13-6-7-20-10-13/h3,5,8,11,13-14,18H,2,4,6-7,9-10H2,1H3/t11-,13?,14+/m0/s1. The van der Waals surface area contributed by atoms with Gasteiger partial charge in [-0.2, -0.15) is 0 Å². The van der Waals surface area contributed by atoms with Crippen LogP contribution in [0.25, 0.3) is 10.2 Å². The van der Waals surface area contributed by atoms with Gasteiger partial charge in [0.1, 0.15) is 0 Å².